The summed E-state index contributed by atoms with van der Waals surface area (Å²) in [5.41, 5.74) is 1.56. The number of hydrogen-bond donors (Lipinski definition) is 1. The fourth-order valence-corrected chi connectivity index (χ4v) is 3.02. The minimum Gasteiger partial charge on any atom is -0.422 e. The number of aromatic nitrogens is 1. The van der Waals surface area contributed by atoms with Gasteiger partial charge in [0.15, 0.2) is 0 Å². The fourth-order valence-electron chi connectivity index (χ4n) is 3.02. The molecular formula is C24H15N3O3. The van der Waals surface area contributed by atoms with Crippen LogP contribution < -0.4 is 10.1 Å². The zero-order valence-corrected chi connectivity index (χ0v) is 15.7. The third-order valence-corrected chi connectivity index (χ3v) is 4.46. The van der Waals surface area contributed by atoms with Gasteiger partial charge in [-0.1, -0.05) is 30.3 Å². The van der Waals surface area contributed by atoms with E-state index in [-0.39, 0.29) is 11.6 Å². The number of benzene rings is 3. The first-order valence-electron chi connectivity index (χ1n) is 9.12. The lowest BCUT2D eigenvalue weighted by molar-refractivity contribution is 0.0737. The first-order valence-corrected chi connectivity index (χ1v) is 9.12. The number of ether oxygens (including phenoxy) is 1. The van der Waals surface area contributed by atoms with Crippen LogP contribution in [0, 0.1) is 11.3 Å². The molecule has 0 bridgehead atoms. The van der Waals surface area contributed by atoms with Crippen molar-refractivity contribution in [3.8, 4) is 11.8 Å². The van der Waals surface area contributed by atoms with Gasteiger partial charge in [0.05, 0.1) is 22.9 Å². The summed E-state index contributed by atoms with van der Waals surface area (Å²) in [5.74, 6) is -0.604. The van der Waals surface area contributed by atoms with E-state index in [0.717, 1.165) is 5.39 Å². The third-order valence-electron chi connectivity index (χ3n) is 4.46. The van der Waals surface area contributed by atoms with Crippen molar-refractivity contribution in [1.82, 2.24) is 4.98 Å². The molecule has 6 nitrogen and oxygen atoms in total. The maximum atomic E-state index is 12.6. The van der Waals surface area contributed by atoms with Crippen LogP contribution in [0.5, 0.6) is 5.75 Å². The standard InChI is InChI=1S/C24H15N3O3/c25-15-16-10-12-18(13-11-16)24(29)30-21-9-4-6-17-5-3-8-19(22(17)21)27-23(28)20-7-1-2-14-26-20/h1-14H,(H,27,28). The number of amides is 1. The minimum absolute atomic E-state index is 0.279. The Balaban J connectivity index is 1.67. The summed E-state index contributed by atoms with van der Waals surface area (Å²) in [4.78, 5) is 29.2. The number of anilines is 1. The van der Waals surface area contributed by atoms with E-state index in [1.807, 2.05) is 24.3 Å². The topological polar surface area (TPSA) is 92.1 Å². The average molecular weight is 393 g/mol. The summed E-state index contributed by atoms with van der Waals surface area (Å²) in [6.45, 7) is 0. The van der Waals surface area contributed by atoms with E-state index in [1.54, 1.807) is 54.7 Å². The predicted octanol–water partition coefficient (Wildman–Crippen LogP) is 4.58. The Morgan fingerprint density at radius 1 is 0.900 bits per heavy atom. The highest BCUT2D eigenvalue weighted by atomic mass is 16.5. The van der Waals surface area contributed by atoms with Crippen molar-refractivity contribution in [3.05, 3.63) is 102 Å². The molecule has 1 heterocycles. The number of hydrogen-bond acceptors (Lipinski definition) is 5. The number of nitrogens with one attached hydrogen (secondary N) is 1. The molecule has 0 radical (unpaired) electrons. The normalized spacial score (nSPS) is 10.2. The molecule has 1 N–H and O–H groups in total. The lowest BCUT2D eigenvalue weighted by Crippen LogP contribution is -2.14. The van der Waals surface area contributed by atoms with E-state index >= 15 is 0 Å². The maximum absolute atomic E-state index is 12.6. The van der Waals surface area contributed by atoms with Crippen LogP contribution in [0.15, 0.2) is 85.1 Å². The molecule has 3 aromatic carbocycles. The van der Waals surface area contributed by atoms with Gasteiger partial charge in [0.25, 0.3) is 5.91 Å². The molecule has 1 aromatic heterocycles. The summed E-state index contributed by atoms with van der Waals surface area (Å²) in [7, 11) is 0. The number of rotatable bonds is 4. The van der Waals surface area contributed by atoms with Crippen LogP contribution >= 0.6 is 0 Å². The highest BCUT2D eigenvalue weighted by Gasteiger charge is 2.15. The Bertz CT molecular complexity index is 1270. The molecule has 1 amide bonds. The van der Waals surface area contributed by atoms with Gasteiger partial charge in [0.2, 0.25) is 0 Å². The van der Waals surface area contributed by atoms with Gasteiger partial charge >= 0.3 is 5.97 Å². The van der Waals surface area contributed by atoms with Crippen molar-refractivity contribution < 1.29 is 14.3 Å². The Kier molecular flexibility index (Phi) is 5.18. The Labute approximate surface area is 172 Å². The zero-order chi connectivity index (χ0) is 20.9. The van der Waals surface area contributed by atoms with Crippen LogP contribution in [0.1, 0.15) is 26.4 Å². The van der Waals surface area contributed by atoms with Gasteiger partial charge in [-0.3, -0.25) is 9.78 Å². The molecule has 0 atom stereocenters. The number of esters is 1. The first kappa shape index (κ1) is 18.8. The molecule has 0 aliphatic carbocycles. The molecule has 0 saturated carbocycles. The molecule has 30 heavy (non-hydrogen) atoms. The lowest BCUT2D eigenvalue weighted by Gasteiger charge is -2.13. The van der Waals surface area contributed by atoms with Crippen molar-refractivity contribution in [3.63, 3.8) is 0 Å². The van der Waals surface area contributed by atoms with Crippen LogP contribution in [-0.4, -0.2) is 16.9 Å². The predicted molar refractivity (Wildman–Crippen MR) is 112 cm³/mol. The van der Waals surface area contributed by atoms with Crippen molar-refractivity contribution in [1.29, 1.82) is 5.26 Å². The van der Waals surface area contributed by atoms with E-state index in [9.17, 15) is 9.59 Å². The Morgan fingerprint density at radius 3 is 2.37 bits per heavy atom. The van der Waals surface area contributed by atoms with Crippen LogP contribution in [0.4, 0.5) is 5.69 Å². The molecule has 144 valence electrons. The van der Waals surface area contributed by atoms with Gasteiger partial charge in [-0.2, -0.15) is 5.26 Å². The van der Waals surface area contributed by atoms with E-state index in [0.29, 0.717) is 28.0 Å². The summed E-state index contributed by atoms with van der Waals surface area (Å²) in [5, 5.41) is 13.1. The van der Waals surface area contributed by atoms with Crippen LogP contribution in [-0.2, 0) is 0 Å². The van der Waals surface area contributed by atoms with E-state index in [1.165, 1.54) is 12.1 Å². The molecule has 0 spiro atoms. The van der Waals surface area contributed by atoms with Crippen LogP contribution in [0.25, 0.3) is 10.8 Å². The fraction of sp³-hybridized carbons (Fsp3) is 0. The number of nitrogens with zero attached hydrogens (tertiary/aromatic N) is 2. The second-order valence-corrected chi connectivity index (χ2v) is 6.41. The molecule has 0 unspecified atom stereocenters. The molecule has 4 aromatic rings. The summed E-state index contributed by atoms with van der Waals surface area (Å²) in [6, 6.07) is 24.0. The molecule has 0 aliphatic heterocycles. The SMILES string of the molecule is N#Cc1ccc(C(=O)Oc2cccc3cccc(NC(=O)c4ccccn4)c23)cc1. The number of nitriles is 1. The third kappa shape index (κ3) is 3.86. The van der Waals surface area contributed by atoms with Crippen molar-refractivity contribution in [2.75, 3.05) is 5.32 Å². The largest absolute Gasteiger partial charge is 0.422 e. The highest BCUT2D eigenvalue weighted by Crippen LogP contribution is 2.33. The Morgan fingerprint density at radius 2 is 1.67 bits per heavy atom. The lowest BCUT2D eigenvalue weighted by atomic mass is 10.1. The second-order valence-electron chi connectivity index (χ2n) is 6.41. The van der Waals surface area contributed by atoms with E-state index in [4.69, 9.17) is 10.00 Å². The second kappa shape index (κ2) is 8.25. The average Bonchev–Trinajstić information content (AvgIpc) is 2.80. The number of carbonyl (C=O) groups excluding carboxylic acids is 2. The summed E-state index contributed by atoms with van der Waals surface area (Å²) < 4.78 is 5.63. The number of fused-ring (bicyclic) bond motifs is 1. The zero-order valence-electron chi connectivity index (χ0n) is 15.7. The minimum atomic E-state index is -0.558. The molecule has 0 saturated heterocycles. The monoisotopic (exact) mass is 393 g/mol. The molecule has 0 aliphatic rings. The van der Waals surface area contributed by atoms with Crippen molar-refractivity contribution in [2.24, 2.45) is 0 Å². The van der Waals surface area contributed by atoms with Gasteiger partial charge in [-0.25, -0.2) is 4.79 Å². The van der Waals surface area contributed by atoms with E-state index in [2.05, 4.69) is 10.3 Å². The van der Waals surface area contributed by atoms with Gasteiger partial charge in [0.1, 0.15) is 11.4 Å². The quantitative estimate of drug-likeness (QED) is 0.405. The smallest absolute Gasteiger partial charge is 0.343 e. The first-order chi connectivity index (χ1) is 14.7. The van der Waals surface area contributed by atoms with Gasteiger partial charge < -0.3 is 10.1 Å². The molecule has 6 heteroatoms. The maximum Gasteiger partial charge on any atom is 0.343 e. The van der Waals surface area contributed by atoms with Crippen LogP contribution in [0.3, 0.4) is 0 Å². The Hall–Kier alpha value is -4.50. The summed E-state index contributed by atoms with van der Waals surface area (Å²) >= 11 is 0. The molecule has 0 fully saturated rings. The molecule has 4 rings (SSSR count). The van der Waals surface area contributed by atoms with Gasteiger partial charge in [-0.15, -0.1) is 0 Å². The van der Waals surface area contributed by atoms with E-state index < -0.39 is 5.97 Å². The number of pyridine rings is 1. The summed E-state index contributed by atoms with van der Waals surface area (Å²) in [6.07, 6.45) is 1.54. The van der Waals surface area contributed by atoms with Crippen molar-refractivity contribution >= 4 is 28.3 Å². The van der Waals surface area contributed by atoms with Gasteiger partial charge in [-0.05, 0) is 53.9 Å². The van der Waals surface area contributed by atoms with Gasteiger partial charge in [0, 0.05) is 11.6 Å². The van der Waals surface area contributed by atoms with Crippen molar-refractivity contribution in [2.45, 2.75) is 0 Å². The number of carbonyl (C=O) groups is 2. The van der Waals surface area contributed by atoms with Crippen LogP contribution in [0.2, 0.25) is 0 Å². The molecular weight excluding hydrogens is 378 g/mol. The highest BCUT2D eigenvalue weighted by molar-refractivity contribution is 6.10.